The molecule has 1 aromatic carbocycles. The van der Waals surface area contributed by atoms with Crippen LogP contribution in [0.2, 0.25) is 0 Å². The molecule has 1 aromatic heterocycles. The average Bonchev–Trinajstić information content (AvgIpc) is 2.69. The number of pyridine rings is 1. The number of carbonyl (C=O) groups is 1. The summed E-state index contributed by atoms with van der Waals surface area (Å²) in [7, 11) is 0. The van der Waals surface area contributed by atoms with Gasteiger partial charge in [-0.05, 0) is 29.5 Å². The van der Waals surface area contributed by atoms with Gasteiger partial charge in [0.25, 0.3) is 11.7 Å². The Labute approximate surface area is 161 Å². The van der Waals surface area contributed by atoms with Crippen LogP contribution in [0, 0.1) is 0 Å². The highest BCUT2D eigenvalue weighted by Gasteiger charge is 2.24. The molecule has 144 valence electrons. The third-order valence-corrected chi connectivity index (χ3v) is 5.07. The van der Waals surface area contributed by atoms with Crippen LogP contribution in [0.1, 0.15) is 22.0 Å². The Hall–Kier alpha value is -2.03. The number of carbonyl (C=O) groups excluding carboxylic acids is 1. The lowest BCUT2D eigenvalue weighted by atomic mass is 10.0. The lowest BCUT2D eigenvalue weighted by Gasteiger charge is -2.35. The van der Waals surface area contributed by atoms with Crippen LogP contribution in [0.5, 0.6) is 0 Å². The van der Waals surface area contributed by atoms with E-state index in [9.17, 15) is 13.6 Å². The molecule has 0 aliphatic carbocycles. The van der Waals surface area contributed by atoms with Gasteiger partial charge in [0.2, 0.25) is 0 Å². The summed E-state index contributed by atoms with van der Waals surface area (Å²) >= 11 is 0.280. The predicted octanol–water partition coefficient (Wildman–Crippen LogP) is 3.20. The summed E-state index contributed by atoms with van der Waals surface area (Å²) in [5.74, 6) is -3.03. The summed E-state index contributed by atoms with van der Waals surface area (Å²) in [6, 6.07) is 13.0. The molecule has 0 spiro atoms. The van der Waals surface area contributed by atoms with Crippen LogP contribution in [0.4, 0.5) is 8.78 Å². The highest BCUT2D eigenvalue weighted by molar-refractivity contribution is 7.99. The fourth-order valence-corrected chi connectivity index (χ4v) is 3.63. The third kappa shape index (κ3) is 5.47. The van der Waals surface area contributed by atoms with Gasteiger partial charge in [-0.1, -0.05) is 30.3 Å². The first kappa shape index (κ1) is 19.7. The normalized spacial score (nSPS) is 16.3. The van der Waals surface area contributed by atoms with Crippen molar-refractivity contribution < 1.29 is 18.3 Å². The number of amides is 1. The van der Waals surface area contributed by atoms with E-state index >= 15 is 0 Å². The zero-order chi connectivity index (χ0) is 19.1. The van der Waals surface area contributed by atoms with Crippen LogP contribution < -0.4 is 5.32 Å². The number of benzene rings is 1. The Morgan fingerprint density at radius 3 is 2.63 bits per heavy atom. The topological polar surface area (TPSA) is 54.5 Å². The minimum absolute atomic E-state index is 0.0121. The zero-order valence-electron chi connectivity index (χ0n) is 14.7. The Kier molecular flexibility index (Phi) is 7.14. The number of rotatable bonds is 7. The molecule has 1 amide bonds. The summed E-state index contributed by atoms with van der Waals surface area (Å²) < 4.78 is 30.9. The molecule has 3 rings (SSSR count). The molecule has 1 aliphatic rings. The number of hydrogen-bond donors (Lipinski definition) is 1. The first-order valence-corrected chi connectivity index (χ1v) is 9.58. The van der Waals surface area contributed by atoms with Crippen LogP contribution >= 0.6 is 11.8 Å². The van der Waals surface area contributed by atoms with E-state index < -0.39 is 11.7 Å². The molecule has 27 heavy (non-hydrogen) atoms. The Bertz CT molecular complexity index is 743. The second kappa shape index (κ2) is 9.77. The van der Waals surface area contributed by atoms with Gasteiger partial charge in [0.05, 0.1) is 24.8 Å². The van der Waals surface area contributed by atoms with Crippen LogP contribution in [-0.2, 0) is 4.74 Å². The molecular formula is C19H21F2N3O2S. The summed E-state index contributed by atoms with van der Waals surface area (Å²) in [5, 5.41) is 2.92. The van der Waals surface area contributed by atoms with Gasteiger partial charge in [0.15, 0.2) is 0 Å². The molecule has 1 aliphatic heterocycles. The number of aromatic nitrogens is 1. The van der Waals surface area contributed by atoms with E-state index in [-0.39, 0.29) is 28.4 Å². The molecule has 0 radical (unpaired) electrons. The van der Waals surface area contributed by atoms with Crippen LogP contribution in [0.15, 0.2) is 53.7 Å². The van der Waals surface area contributed by atoms with Crippen molar-refractivity contribution in [2.75, 3.05) is 32.8 Å². The molecule has 0 saturated carbocycles. The van der Waals surface area contributed by atoms with E-state index in [0.29, 0.717) is 19.8 Å². The third-order valence-electron chi connectivity index (χ3n) is 4.34. The Balaban J connectivity index is 1.72. The van der Waals surface area contributed by atoms with E-state index in [1.54, 1.807) is 6.07 Å². The quantitative estimate of drug-likeness (QED) is 0.732. The summed E-state index contributed by atoms with van der Waals surface area (Å²) in [6.45, 7) is 3.21. The molecule has 1 N–H and O–H groups in total. The van der Waals surface area contributed by atoms with Gasteiger partial charge in [-0.2, -0.15) is 8.78 Å². The molecule has 1 unspecified atom stereocenters. The van der Waals surface area contributed by atoms with Gasteiger partial charge < -0.3 is 10.1 Å². The van der Waals surface area contributed by atoms with E-state index in [1.807, 2.05) is 30.3 Å². The Morgan fingerprint density at radius 2 is 1.93 bits per heavy atom. The minimum atomic E-state index is -2.63. The number of thioether (sulfide) groups is 1. The van der Waals surface area contributed by atoms with Crippen molar-refractivity contribution in [1.82, 2.24) is 15.2 Å². The van der Waals surface area contributed by atoms with E-state index in [1.165, 1.54) is 12.3 Å². The molecule has 2 heterocycles. The maximum absolute atomic E-state index is 12.7. The first-order valence-electron chi connectivity index (χ1n) is 8.70. The van der Waals surface area contributed by atoms with E-state index in [2.05, 4.69) is 15.2 Å². The molecule has 2 aromatic rings. The number of nitrogens with one attached hydrogen (secondary N) is 1. The fraction of sp³-hybridized carbons (Fsp3) is 0.368. The first-order chi connectivity index (χ1) is 13.1. The number of hydrogen-bond acceptors (Lipinski definition) is 5. The second-order valence-electron chi connectivity index (χ2n) is 6.02. The number of halogens is 2. The average molecular weight is 393 g/mol. The highest BCUT2D eigenvalue weighted by Crippen LogP contribution is 2.26. The highest BCUT2D eigenvalue weighted by atomic mass is 32.2. The molecule has 1 saturated heterocycles. The van der Waals surface area contributed by atoms with Gasteiger partial charge in [-0.25, -0.2) is 4.98 Å². The lowest BCUT2D eigenvalue weighted by Crippen LogP contribution is -2.43. The number of ether oxygens (including phenoxy) is 1. The molecule has 8 heteroatoms. The standard InChI is InChI=1S/C19H21F2N3O2S/c20-19(21)27-18-15(7-4-8-22-18)17(25)23-13-16(14-5-2-1-3-6-14)24-9-11-26-12-10-24/h1-8,16,19H,9-13H2,(H,23,25). The fourth-order valence-electron chi connectivity index (χ4n) is 3.05. The lowest BCUT2D eigenvalue weighted by molar-refractivity contribution is 0.0162. The van der Waals surface area contributed by atoms with Crippen molar-refractivity contribution in [2.45, 2.75) is 16.8 Å². The summed E-state index contributed by atoms with van der Waals surface area (Å²) in [6.07, 6.45) is 1.40. The van der Waals surface area contributed by atoms with Crippen molar-refractivity contribution in [2.24, 2.45) is 0 Å². The van der Waals surface area contributed by atoms with Gasteiger partial charge >= 0.3 is 0 Å². The Morgan fingerprint density at radius 1 is 1.19 bits per heavy atom. The van der Waals surface area contributed by atoms with Crippen molar-refractivity contribution in [3.63, 3.8) is 0 Å². The number of morpholine rings is 1. The maximum Gasteiger partial charge on any atom is 0.290 e. The minimum Gasteiger partial charge on any atom is -0.379 e. The molecule has 1 atom stereocenters. The zero-order valence-corrected chi connectivity index (χ0v) is 15.5. The monoisotopic (exact) mass is 393 g/mol. The van der Waals surface area contributed by atoms with Crippen LogP contribution in [-0.4, -0.2) is 54.4 Å². The van der Waals surface area contributed by atoms with Crippen molar-refractivity contribution in [3.8, 4) is 0 Å². The smallest absolute Gasteiger partial charge is 0.290 e. The molecule has 5 nitrogen and oxygen atoms in total. The van der Waals surface area contributed by atoms with Gasteiger partial charge in [0.1, 0.15) is 5.03 Å². The summed E-state index contributed by atoms with van der Waals surface area (Å²) in [5.41, 5.74) is 1.25. The second-order valence-corrected chi connectivity index (χ2v) is 7.00. The van der Waals surface area contributed by atoms with Crippen molar-refractivity contribution in [3.05, 3.63) is 59.8 Å². The predicted molar refractivity (Wildman–Crippen MR) is 100 cm³/mol. The summed E-state index contributed by atoms with van der Waals surface area (Å²) in [4.78, 5) is 18.8. The molecule has 1 fully saturated rings. The maximum atomic E-state index is 12.7. The van der Waals surface area contributed by atoms with Gasteiger partial charge in [-0.3, -0.25) is 9.69 Å². The van der Waals surface area contributed by atoms with Gasteiger partial charge in [-0.15, -0.1) is 0 Å². The largest absolute Gasteiger partial charge is 0.379 e. The van der Waals surface area contributed by atoms with Crippen molar-refractivity contribution >= 4 is 17.7 Å². The molecular weight excluding hydrogens is 372 g/mol. The van der Waals surface area contributed by atoms with E-state index in [0.717, 1.165) is 18.7 Å². The number of nitrogens with zero attached hydrogens (tertiary/aromatic N) is 2. The molecule has 0 bridgehead atoms. The SMILES string of the molecule is O=C(NCC(c1ccccc1)N1CCOCC1)c1cccnc1SC(F)F. The van der Waals surface area contributed by atoms with E-state index in [4.69, 9.17) is 4.74 Å². The van der Waals surface area contributed by atoms with Crippen LogP contribution in [0.25, 0.3) is 0 Å². The number of alkyl halides is 2. The van der Waals surface area contributed by atoms with Gasteiger partial charge in [0, 0.05) is 25.8 Å². The van der Waals surface area contributed by atoms with Crippen LogP contribution in [0.3, 0.4) is 0 Å². The van der Waals surface area contributed by atoms with Crippen molar-refractivity contribution in [1.29, 1.82) is 0 Å².